The molecule has 0 aromatic heterocycles. The second-order valence-corrected chi connectivity index (χ2v) is 7.62. The Morgan fingerprint density at radius 2 is 1.78 bits per heavy atom. The minimum atomic E-state index is -0.0275. The molecule has 2 amide bonds. The van der Waals surface area contributed by atoms with Gasteiger partial charge in [0.15, 0.2) is 0 Å². The highest BCUT2D eigenvalue weighted by molar-refractivity contribution is 6.33. The van der Waals surface area contributed by atoms with Crippen molar-refractivity contribution in [2.24, 2.45) is 0 Å². The van der Waals surface area contributed by atoms with E-state index < -0.39 is 0 Å². The van der Waals surface area contributed by atoms with Gasteiger partial charge >= 0.3 is 0 Å². The van der Waals surface area contributed by atoms with E-state index in [1.807, 2.05) is 49.1 Å². The number of halogens is 1. The number of nitrogens with zero attached hydrogens (tertiary/aromatic N) is 2. The van der Waals surface area contributed by atoms with Crippen molar-refractivity contribution in [3.05, 3.63) is 63.2 Å². The zero-order chi connectivity index (χ0) is 19.3. The van der Waals surface area contributed by atoms with E-state index in [2.05, 4.69) is 0 Å². The van der Waals surface area contributed by atoms with Crippen molar-refractivity contribution in [1.29, 1.82) is 0 Å². The third-order valence-electron chi connectivity index (χ3n) is 5.35. The monoisotopic (exact) mass is 384 g/mol. The molecule has 0 spiro atoms. The van der Waals surface area contributed by atoms with Gasteiger partial charge in [0.05, 0.1) is 18.7 Å². The lowest BCUT2D eigenvalue weighted by Crippen LogP contribution is -2.30. The molecule has 6 heteroatoms. The zero-order valence-corrected chi connectivity index (χ0v) is 16.3. The summed E-state index contributed by atoms with van der Waals surface area (Å²) in [5.74, 6) is 0.713. The quantitative estimate of drug-likeness (QED) is 0.804. The predicted octanol–water partition coefficient (Wildman–Crippen LogP) is 3.87. The van der Waals surface area contributed by atoms with E-state index in [0.29, 0.717) is 35.8 Å². The maximum Gasteiger partial charge on any atom is 0.254 e. The molecular formula is C21H21ClN2O3. The third-order valence-corrected chi connectivity index (χ3v) is 5.82. The molecule has 0 aliphatic carbocycles. The molecule has 27 heavy (non-hydrogen) atoms. The lowest BCUT2D eigenvalue weighted by atomic mass is 10.1. The van der Waals surface area contributed by atoms with Gasteiger partial charge in [-0.1, -0.05) is 23.7 Å². The van der Waals surface area contributed by atoms with Crippen LogP contribution in [0.2, 0.25) is 5.02 Å². The first-order valence-electron chi connectivity index (χ1n) is 8.98. The molecule has 0 radical (unpaired) electrons. The summed E-state index contributed by atoms with van der Waals surface area (Å²) in [6.45, 7) is 5.39. The zero-order valence-electron chi connectivity index (χ0n) is 15.6. The summed E-state index contributed by atoms with van der Waals surface area (Å²) in [5, 5.41) is 0.583. The number of methoxy groups -OCH3 is 1. The van der Waals surface area contributed by atoms with Crippen molar-refractivity contribution in [3.8, 4) is 5.75 Å². The number of hydrogen-bond acceptors (Lipinski definition) is 3. The summed E-state index contributed by atoms with van der Waals surface area (Å²) >= 11 is 6.64. The van der Waals surface area contributed by atoms with Gasteiger partial charge in [0, 0.05) is 41.4 Å². The highest BCUT2D eigenvalue weighted by atomic mass is 35.5. The third kappa shape index (κ3) is 2.77. The standard InChI is InChI=1S/C21H21ClN2O3/c1-12(2)24-11-17-15(21(24)26)8-7-13(19(17)22)9-23-10-16-14(20(23)25)5-4-6-18(16)27-3/h4-8,12H,9-11H2,1-3H3. The molecule has 0 fully saturated rings. The van der Waals surface area contributed by atoms with Crippen LogP contribution in [0.15, 0.2) is 30.3 Å². The van der Waals surface area contributed by atoms with Gasteiger partial charge in [-0.2, -0.15) is 0 Å². The topological polar surface area (TPSA) is 49.9 Å². The maximum absolute atomic E-state index is 12.8. The molecule has 0 atom stereocenters. The van der Waals surface area contributed by atoms with Crippen LogP contribution in [0.1, 0.15) is 51.3 Å². The Bertz CT molecular complexity index is 955. The van der Waals surface area contributed by atoms with Crippen molar-refractivity contribution in [2.75, 3.05) is 7.11 Å². The van der Waals surface area contributed by atoms with Gasteiger partial charge in [0.25, 0.3) is 11.8 Å². The van der Waals surface area contributed by atoms with Gasteiger partial charge < -0.3 is 14.5 Å². The van der Waals surface area contributed by atoms with Crippen LogP contribution in [0, 0.1) is 0 Å². The molecule has 2 heterocycles. The number of ether oxygens (including phenoxy) is 1. The maximum atomic E-state index is 12.8. The Balaban J connectivity index is 1.62. The SMILES string of the molecule is COc1cccc2c1CN(Cc1ccc3c(c1Cl)CN(C(C)C)C3=O)C2=O. The van der Waals surface area contributed by atoms with Crippen LogP contribution in [-0.4, -0.2) is 34.8 Å². The molecule has 0 saturated heterocycles. The molecule has 0 unspecified atom stereocenters. The largest absolute Gasteiger partial charge is 0.496 e. The van der Waals surface area contributed by atoms with Gasteiger partial charge in [-0.05, 0) is 37.6 Å². The number of rotatable bonds is 4. The van der Waals surface area contributed by atoms with E-state index >= 15 is 0 Å². The Hall–Kier alpha value is -2.53. The summed E-state index contributed by atoms with van der Waals surface area (Å²) in [5.41, 5.74) is 3.95. The average Bonchev–Trinajstić information content (AvgIpc) is 3.16. The Morgan fingerprint density at radius 3 is 2.48 bits per heavy atom. The van der Waals surface area contributed by atoms with Gasteiger partial charge in [0.2, 0.25) is 0 Å². The number of hydrogen-bond donors (Lipinski definition) is 0. The highest BCUT2D eigenvalue weighted by Gasteiger charge is 2.33. The van der Waals surface area contributed by atoms with Crippen molar-refractivity contribution >= 4 is 23.4 Å². The molecule has 2 aromatic carbocycles. The van der Waals surface area contributed by atoms with Crippen LogP contribution in [0.5, 0.6) is 5.75 Å². The van der Waals surface area contributed by atoms with Crippen molar-refractivity contribution in [3.63, 3.8) is 0 Å². The van der Waals surface area contributed by atoms with E-state index in [4.69, 9.17) is 16.3 Å². The number of carbonyl (C=O) groups is 2. The first-order valence-corrected chi connectivity index (χ1v) is 9.36. The van der Waals surface area contributed by atoms with Crippen LogP contribution < -0.4 is 4.74 Å². The van der Waals surface area contributed by atoms with Gasteiger partial charge in [0.1, 0.15) is 5.75 Å². The minimum absolute atomic E-state index is 0.0165. The van der Waals surface area contributed by atoms with E-state index in [1.54, 1.807) is 12.0 Å². The van der Waals surface area contributed by atoms with Crippen molar-refractivity contribution in [2.45, 2.75) is 39.5 Å². The van der Waals surface area contributed by atoms with Crippen LogP contribution in [-0.2, 0) is 19.6 Å². The van der Waals surface area contributed by atoms with E-state index in [9.17, 15) is 9.59 Å². The van der Waals surface area contributed by atoms with Gasteiger partial charge in [-0.25, -0.2) is 0 Å². The Morgan fingerprint density at radius 1 is 1.04 bits per heavy atom. The molecule has 0 N–H and O–H groups in total. The normalized spacial score (nSPS) is 15.6. The van der Waals surface area contributed by atoms with Gasteiger partial charge in [-0.3, -0.25) is 9.59 Å². The van der Waals surface area contributed by atoms with E-state index in [0.717, 1.165) is 22.4 Å². The van der Waals surface area contributed by atoms with E-state index in [-0.39, 0.29) is 17.9 Å². The Kier molecular flexibility index (Phi) is 4.35. The lowest BCUT2D eigenvalue weighted by Gasteiger charge is -2.20. The summed E-state index contributed by atoms with van der Waals surface area (Å²) < 4.78 is 5.39. The molecule has 0 saturated carbocycles. The highest BCUT2D eigenvalue weighted by Crippen LogP contribution is 2.36. The first kappa shape index (κ1) is 17.9. The predicted molar refractivity (Wildman–Crippen MR) is 103 cm³/mol. The van der Waals surface area contributed by atoms with Crippen molar-refractivity contribution < 1.29 is 14.3 Å². The summed E-state index contributed by atoms with van der Waals surface area (Å²) in [6.07, 6.45) is 0. The first-order chi connectivity index (χ1) is 12.9. The molecular weight excluding hydrogens is 364 g/mol. The fraction of sp³-hybridized carbons (Fsp3) is 0.333. The fourth-order valence-corrected chi connectivity index (χ4v) is 4.13. The van der Waals surface area contributed by atoms with Crippen LogP contribution in [0.4, 0.5) is 0 Å². The minimum Gasteiger partial charge on any atom is -0.496 e. The summed E-state index contributed by atoms with van der Waals surface area (Å²) in [6, 6.07) is 9.32. The average molecular weight is 385 g/mol. The van der Waals surface area contributed by atoms with Crippen molar-refractivity contribution in [1.82, 2.24) is 9.80 Å². The second-order valence-electron chi connectivity index (χ2n) is 7.24. The van der Waals surface area contributed by atoms with E-state index in [1.165, 1.54) is 0 Å². The molecule has 0 bridgehead atoms. The molecule has 2 aliphatic heterocycles. The number of fused-ring (bicyclic) bond motifs is 2. The number of amides is 2. The molecule has 2 aliphatic rings. The van der Waals surface area contributed by atoms with Crippen LogP contribution in [0.25, 0.3) is 0 Å². The molecule has 2 aromatic rings. The van der Waals surface area contributed by atoms with Gasteiger partial charge in [-0.15, -0.1) is 0 Å². The second kappa shape index (κ2) is 6.57. The van der Waals surface area contributed by atoms with Crippen LogP contribution in [0.3, 0.4) is 0 Å². The number of carbonyl (C=O) groups excluding carboxylic acids is 2. The smallest absolute Gasteiger partial charge is 0.254 e. The summed E-state index contributed by atoms with van der Waals surface area (Å²) in [7, 11) is 1.61. The van der Waals surface area contributed by atoms with Crippen LogP contribution >= 0.6 is 11.6 Å². The Labute approximate surface area is 163 Å². The summed E-state index contributed by atoms with van der Waals surface area (Å²) in [4.78, 5) is 28.8. The molecule has 140 valence electrons. The molecule has 4 rings (SSSR count). The molecule has 5 nitrogen and oxygen atoms in total. The fourth-order valence-electron chi connectivity index (χ4n) is 3.85. The lowest BCUT2D eigenvalue weighted by molar-refractivity contribution is 0.0729. The number of benzene rings is 2.